The van der Waals surface area contributed by atoms with Gasteiger partial charge in [-0.3, -0.25) is 4.79 Å². The van der Waals surface area contributed by atoms with Gasteiger partial charge in [-0.15, -0.1) is 0 Å². The van der Waals surface area contributed by atoms with Gasteiger partial charge in [0.05, 0.1) is 6.21 Å². The Bertz CT molecular complexity index is 639. The molecular formula is C16H15BrN3O+. The van der Waals surface area contributed by atoms with E-state index in [1.54, 1.807) is 10.8 Å². The largest absolute Gasteiger partial charge is 0.305 e. The summed E-state index contributed by atoms with van der Waals surface area (Å²) in [5.41, 5.74) is 3.54. The standard InChI is InChI=1S/C16H14BrN3O/c17-15(11-14-7-3-1-4-8-14)12-18-19-16(21)13-20-9-5-2-6-10-20/h1-12H,13H2/p+1/b15-11-,18-12+. The van der Waals surface area contributed by atoms with Crippen molar-refractivity contribution in [3.05, 3.63) is 71.0 Å². The Balaban J connectivity index is 1.84. The van der Waals surface area contributed by atoms with Crippen LogP contribution >= 0.6 is 15.9 Å². The molecule has 0 aliphatic heterocycles. The molecule has 0 unspecified atom stereocenters. The Labute approximate surface area is 131 Å². The zero-order valence-corrected chi connectivity index (χ0v) is 12.9. The van der Waals surface area contributed by atoms with Crippen LogP contribution in [0.2, 0.25) is 0 Å². The van der Waals surface area contributed by atoms with Crippen molar-refractivity contribution in [2.24, 2.45) is 5.10 Å². The second-order valence-corrected chi connectivity index (χ2v) is 5.20. The highest BCUT2D eigenvalue weighted by Crippen LogP contribution is 2.09. The summed E-state index contributed by atoms with van der Waals surface area (Å²) in [6.45, 7) is 0.234. The van der Waals surface area contributed by atoms with Crippen LogP contribution < -0.4 is 9.99 Å². The fourth-order valence-corrected chi connectivity index (χ4v) is 2.02. The van der Waals surface area contributed by atoms with Crippen molar-refractivity contribution < 1.29 is 9.36 Å². The lowest BCUT2D eigenvalue weighted by Gasteiger charge is -1.96. The van der Waals surface area contributed by atoms with Crippen LogP contribution in [0.1, 0.15) is 5.56 Å². The fraction of sp³-hybridized carbons (Fsp3) is 0.0625. The second kappa shape index (κ2) is 8.11. The highest BCUT2D eigenvalue weighted by molar-refractivity contribution is 9.12. The fourth-order valence-electron chi connectivity index (χ4n) is 1.65. The number of carbonyl (C=O) groups is 1. The number of rotatable bonds is 5. The van der Waals surface area contributed by atoms with E-state index in [0.29, 0.717) is 0 Å². The van der Waals surface area contributed by atoms with Crippen LogP contribution in [0.25, 0.3) is 6.08 Å². The SMILES string of the molecule is O=C(C[n+]1ccccc1)N/N=C/C(Br)=C/c1ccccc1. The summed E-state index contributed by atoms with van der Waals surface area (Å²) in [6, 6.07) is 15.5. The van der Waals surface area contributed by atoms with Crippen LogP contribution in [0.5, 0.6) is 0 Å². The molecular weight excluding hydrogens is 330 g/mol. The summed E-state index contributed by atoms with van der Waals surface area (Å²) in [4.78, 5) is 11.7. The zero-order chi connectivity index (χ0) is 14.9. The molecule has 0 saturated carbocycles. The third-order valence-corrected chi connectivity index (χ3v) is 3.02. The minimum absolute atomic E-state index is 0.178. The van der Waals surface area contributed by atoms with Crippen LogP contribution in [0.4, 0.5) is 0 Å². The monoisotopic (exact) mass is 344 g/mol. The molecule has 0 fully saturated rings. The molecule has 0 aliphatic rings. The Hall–Kier alpha value is -2.27. The number of allylic oxidation sites excluding steroid dienone is 1. The van der Waals surface area contributed by atoms with Crippen molar-refractivity contribution in [2.45, 2.75) is 6.54 Å². The van der Waals surface area contributed by atoms with E-state index in [-0.39, 0.29) is 12.5 Å². The van der Waals surface area contributed by atoms with Crippen molar-refractivity contribution in [3.63, 3.8) is 0 Å². The van der Waals surface area contributed by atoms with Crippen LogP contribution in [0.3, 0.4) is 0 Å². The van der Waals surface area contributed by atoms with Crippen LogP contribution in [0.15, 0.2) is 70.5 Å². The number of halogens is 1. The van der Waals surface area contributed by atoms with Gasteiger partial charge in [0.15, 0.2) is 12.4 Å². The van der Waals surface area contributed by atoms with Gasteiger partial charge in [0.1, 0.15) is 0 Å². The third-order valence-electron chi connectivity index (χ3n) is 2.58. The van der Waals surface area contributed by atoms with Crippen molar-refractivity contribution in [3.8, 4) is 0 Å². The first-order valence-corrected chi connectivity index (χ1v) is 7.21. The molecule has 5 heteroatoms. The molecule has 1 amide bonds. The molecule has 0 spiro atoms. The molecule has 0 atom stereocenters. The average molecular weight is 345 g/mol. The van der Waals surface area contributed by atoms with Gasteiger partial charge in [0.25, 0.3) is 0 Å². The molecule has 2 rings (SSSR count). The number of aromatic nitrogens is 1. The van der Waals surface area contributed by atoms with Gasteiger partial charge in [-0.05, 0) is 27.6 Å². The number of carbonyl (C=O) groups excluding carboxylic acids is 1. The first kappa shape index (κ1) is 15.1. The molecule has 1 heterocycles. The van der Waals surface area contributed by atoms with Gasteiger partial charge in [0.2, 0.25) is 6.54 Å². The Morgan fingerprint density at radius 1 is 1.14 bits per heavy atom. The molecule has 21 heavy (non-hydrogen) atoms. The summed E-state index contributed by atoms with van der Waals surface area (Å²) >= 11 is 3.39. The molecule has 0 bridgehead atoms. The van der Waals surface area contributed by atoms with Crippen LogP contribution in [-0.2, 0) is 11.3 Å². The average Bonchev–Trinajstić information content (AvgIpc) is 2.49. The van der Waals surface area contributed by atoms with Crippen molar-refractivity contribution >= 4 is 34.1 Å². The van der Waals surface area contributed by atoms with Crippen molar-refractivity contribution in [2.75, 3.05) is 0 Å². The summed E-state index contributed by atoms with van der Waals surface area (Å²) in [5, 5.41) is 3.91. The molecule has 1 aromatic heterocycles. The Kier molecular flexibility index (Phi) is 5.84. The molecule has 1 aromatic carbocycles. The first-order chi connectivity index (χ1) is 10.2. The van der Waals surface area contributed by atoms with Gasteiger partial charge < -0.3 is 0 Å². The lowest BCUT2D eigenvalue weighted by Crippen LogP contribution is -2.40. The number of amides is 1. The summed E-state index contributed by atoms with van der Waals surface area (Å²) < 4.78 is 2.56. The van der Waals surface area contributed by atoms with Gasteiger partial charge in [-0.1, -0.05) is 36.4 Å². The predicted octanol–water partition coefficient (Wildman–Crippen LogP) is 2.51. The molecule has 0 aliphatic carbocycles. The van der Waals surface area contributed by atoms with E-state index in [1.807, 2.05) is 67.0 Å². The maximum absolute atomic E-state index is 11.7. The Morgan fingerprint density at radius 2 is 1.81 bits per heavy atom. The van der Waals surface area contributed by atoms with Crippen molar-refractivity contribution in [1.82, 2.24) is 5.43 Å². The summed E-state index contributed by atoms with van der Waals surface area (Å²) in [6.07, 6.45) is 7.13. The maximum atomic E-state index is 11.7. The predicted molar refractivity (Wildman–Crippen MR) is 86.6 cm³/mol. The molecule has 1 N–H and O–H groups in total. The summed E-state index contributed by atoms with van der Waals surface area (Å²) in [7, 11) is 0. The van der Waals surface area contributed by atoms with E-state index in [0.717, 1.165) is 10.0 Å². The second-order valence-electron chi connectivity index (χ2n) is 4.28. The van der Waals surface area contributed by atoms with E-state index in [4.69, 9.17) is 0 Å². The lowest BCUT2D eigenvalue weighted by atomic mass is 10.2. The number of hydrogen-bond acceptors (Lipinski definition) is 2. The lowest BCUT2D eigenvalue weighted by molar-refractivity contribution is -0.684. The number of hydrogen-bond donors (Lipinski definition) is 1. The molecule has 0 saturated heterocycles. The van der Waals surface area contributed by atoms with Gasteiger partial charge >= 0.3 is 5.91 Å². The normalized spacial score (nSPS) is 11.6. The minimum Gasteiger partial charge on any atom is -0.266 e. The molecule has 2 aromatic rings. The van der Waals surface area contributed by atoms with E-state index in [2.05, 4.69) is 26.5 Å². The molecule has 0 radical (unpaired) electrons. The smallest absolute Gasteiger partial charge is 0.266 e. The Morgan fingerprint density at radius 3 is 2.52 bits per heavy atom. The number of nitrogens with one attached hydrogen (secondary N) is 1. The number of nitrogens with zero attached hydrogens (tertiary/aromatic N) is 2. The maximum Gasteiger partial charge on any atom is 0.305 e. The van der Waals surface area contributed by atoms with Gasteiger partial charge in [-0.2, -0.15) is 9.67 Å². The first-order valence-electron chi connectivity index (χ1n) is 6.42. The van der Waals surface area contributed by atoms with Gasteiger partial charge in [0, 0.05) is 16.6 Å². The highest BCUT2D eigenvalue weighted by atomic mass is 79.9. The van der Waals surface area contributed by atoms with E-state index < -0.39 is 0 Å². The van der Waals surface area contributed by atoms with E-state index in [1.165, 1.54) is 0 Å². The van der Waals surface area contributed by atoms with E-state index >= 15 is 0 Å². The molecule has 4 nitrogen and oxygen atoms in total. The van der Waals surface area contributed by atoms with Gasteiger partial charge in [-0.25, -0.2) is 5.43 Å². The molecule has 106 valence electrons. The quantitative estimate of drug-likeness (QED) is 0.505. The van der Waals surface area contributed by atoms with Crippen LogP contribution in [0, 0.1) is 0 Å². The number of hydrazone groups is 1. The van der Waals surface area contributed by atoms with Crippen molar-refractivity contribution in [1.29, 1.82) is 0 Å². The topological polar surface area (TPSA) is 45.3 Å². The van der Waals surface area contributed by atoms with Crippen LogP contribution in [-0.4, -0.2) is 12.1 Å². The summed E-state index contributed by atoms with van der Waals surface area (Å²) in [5.74, 6) is -0.178. The highest BCUT2D eigenvalue weighted by Gasteiger charge is 2.06. The number of benzene rings is 1. The minimum atomic E-state index is -0.178. The van der Waals surface area contributed by atoms with E-state index in [9.17, 15) is 4.79 Å². The number of pyridine rings is 1. The zero-order valence-electron chi connectivity index (χ0n) is 11.3. The third kappa shape index (κ3) is 5.71.